The van der Waals surface area contributed by atoms with Gasteiger partial charge < -0.3 is 0 Å². The minimum Gasteiger partial charge on any atom is -0.251 e. The second kappa shape index (κ2) is 5.07. The predicted molar refractivity (Wildman–Crippen MR) is 34.7 cm³/mol. The van der Waals surface area contributed by atoms with Crippen LogP contribution in [0.15, 0.2) is 0 Å². The lowest BCUT2D eigenvalue weighted by molar-refractivity contribution is 0.412. The molecule has 1 unspecified atom stereocenters. The zero-order valence-corrected chi connectivity index (χ0v) is 5.78. The molecule has 0 heterocycles. The van der Waals surface area contributed by atoms with E-state index in [1.54, 1.807) is 0 Å². The number of hydrogen-bond donors (Lipinski definition) is 0. The smallest absolute Gasteiger partial charge is 0.0894 e. The quantitative estimate of drug-likeness (QED) is 0.532. The molecule has 0 aliphatic heterocycles. The molecule has 8 heavy (non-hydrogen) atoms. The molecule has 1 atom stereocenters. The molecular weight excluding hydrogens is 103 g/mol. The highest BCUT2D eigenvalue weighted by atomic mass is 19.1. The van der Waals surface area contributed by atoms with Crippen molar-refractivity contribution >= 4 is 0 Å². The average molecular weight is 118 g/mol. The largest absolute Gasteiger partial charge is 0.251 e. The maximum atomic E-state index is 11.5. The van der Waals surface area contributed by atoms with E-state index in [1.165, 1.54) is 6.42 Å². The van der Waals surface area contributed by atoms with Crippen LogP contribution < -0.4 is 0 Å². The summed E-state index contributed by atoms with van der Waals surface area (Å²) < 4.78 is 11.5. The van der Waals surface area contributed by atoms with Crippen molar-refractivity contribution in [1.29, 1.82) is 0 Å². The van der Waals surface area contributed by atoms with Crippen molar-refractivity contribution in [3.05, 3.63) is 0 Å². The number of alkyl halides is 1. The lowest BCUT2D eigenvalue weighted by atomic mass is 10.0. The van der Waals surface area contributed by atoms with E-state index in [-0.39, 0.29) is 6.67 Å². The van der Waals surface area contributed by atoms with Crippen molar-refractivity contribution < 1.29 is 4.39 Å². The first kappa shape index (κ1) is 7.93. The standard InChI is InChI=1S/C7H15F/c1-3-7(2)5-4-6-8/h7H,3-6H2,1-2H3. The van der Waals surface area contributed by atoms with Crippen LogP contribution in [0, 0.1) is 5.92 Å². The molecule has 0 spiro atoms. The van der Waals surface area contributed by atoms with E-state index < -0.39 is 0 Å². The van der Waals surface area contributed by atoms with Gasteiger partial charge in [-0.15, -0.1) is 0 Å². The second-order valence-corrected chi connectivity index (χ2v) is 2.34. The van der Waals surface area contributed by atoms with Gasteiger partial charge in [0, 0.05) is 0 Å². The van der Waals surface area contributed by atoms with Gasteiger partial charge in [-0.1, -0.05) is 20.3 Å². The Kier molecular flexibility index (Phi) is 5.03. The van der Waals surface area contributed by atoms with Gasteiger partial charge in [0.2, 0.25) is 0 Å². The molecule has 0 bridgehead atoms. The van der Waals surface area contributed by atoms with Crippen molar-refractivity contribution in [2.45, 2.75) is 33.1 Å². The Balaban J connectivity index is 2.86. The Bertz CT molecular complexity index is 43.7. The van der Waals surface area contributed by atoms with Gasteiger partial charge in [-0.2, -0.15) is 0 Å². The van der Waals surface area contributed by atoms with Gasteiger partial charge in [-0.25, -0.2) is 0 Å². The predicted octanol–water partition coefficient (Wildman–Crippen LogP) is 2.78. The molecule has 0 saturated heterocycles. The Morgan fingerprint density at radius 1 is 1.50 bits per heavy atom. The first-order valence-corrected chi connectivity index (χ1v) is 3.37. The van der Waals surface area contributed by atoms with Gasteiger partial charge in [0.05, 0.1) is 6.67 Å². The Labute approximate surface area is 51.1 Å². The average Bonchev–Trinajstić information content (AvgIpc) is 1.83. The molecule has 0 fully saturated rings. The van der Waals surface area contributed by atoms with Gasteiger partial charge in [-0.05, 0) is 18.8 Å². The summed E-state index contributed by atoms with van der Waals surface area (Å²) in [4.78, 5) is 0. The molecule has 0 aromatic heterocycles. The molecule has 50 valence electrons. The van der Waals surface area contributed by atoms with Crippen LogP contribution in [0.5, 0.6) is 0 Å². The summed E-state index contributed by atoms with van der Waals surface area (Å²) in [6.45, 7) is 4.16. The van der Waals surface area contributed by atoms with Crippen molar-refractivity contribution in [2.75, 3.05) is 6.67 Å². The van der Waals surface area contributed by atoms with E-state index in [4.69, 9.17) is 0 Å². The molecule has 0 nitrogen and oxygen atoms in total. The van der Waals surface area contributed by atoms with Crippen LogP contribution >= 0.6 is 0 Å². The van der Waals surface area contributed by atoms with Gasteiger partial charge in [0.25, 0.3) is 0 Å². The fourth-order valence-electron chi connectivity index (χ4n) is 0.630. The monoisotopic (exact) mass is 118 g/mol. The highest BCUT2D eigenvalue weighted by Gasteiger charge is 1.95. The first-order valence-electron chi connectivity index (χ1n) is 3.37. The number of rotatable bonds is 4. The lowest BCUT2D eigenvalue weighted by Gasteiger charge is -2.03. The summed E-state index contributed by atoms with van der Waals surface area (Å²) in [5.74, 6) is 0.714. The second-order valence-electron chi connectivity index (χ2n) is 2.34. The minimum absolute atomic E-state index is 0.148. The van der Waals surface area contributed by atoms with Crippen LogP contribution in [0.1, 0.15) is 33.1 Å². The zero-order chi connectivity index (χ0) is 6.41. The van der Waals surface area contributed by atoms with Crippen LogP contribution in [0.2, 0.25) is 0 Å². The molecule has 0 N–H and O–H groups in total. The Morgan fingerprint density at radius 3 is 2.50 bits per heavy atom. The van der Waals surface area contributed by atoms with E-state index in [0.29, 0.717) is 5.92 Å². The molecule has 0 rings (SSSR count). The van der Waals surface area contributed by atoms with Crippen LogP contribution in [0.3, 0.4) is 0 Å². The molecule has 0 amide bonds. The van der Waals surface area contributed by atoms with Crippen LogP contribution in [-0.4, -0.2) is 6.67 Å². The van der Waals surface area contributed by atoms with Crippen molar-refractivity contribution in [3.63, 3.8) is 0 Å². The third-order valence-electron chi connectivity index (χ3n) is 1.53. The topological polar surface area (TPSA) is 0 Å². The molecule has 1 heteroatoms. The number of halogens is 1. The number of hydrogen-bond acceptors (Lipinski definition) is 0. The highest BCUT2D eigenvalue weighted by molar-refractivity contribution is 4.48. The van der Waals surface area contributed by atoms with Crippen molar-refractivity contribution in [3.8, 4) is 0 Å². The Hall–Kier alpha value is -0.0700. The molecule has 0 aliphatic rings. The summed E-state index contributed by atoms with van der Waals surface area (Å²) in [5.41, 5.74) is 0. The first-order chi connectivity index (χ1) is 3.81. The third kappa shape index (κ3) is 4.10. The van der Waals surface area contributed by atoms with Gasteiger partial charge in [0.1, 0.15) is 0 Å². The fraction of sp³-hybridized carbons (Fsp3) is 1.00. The SMILES string of the molecule is CCC(C)CCCF. The molecule has 0 aromatic rings. The normalized spacial score (nSPS) is 13.9. The van der Waals surface area contributed by atoms with E-state index in [9.17, 15) is 4.39 Å². The van der Waals surface area contributed by atoms with Crippen molar-refractivity contribution in [1.82, 2.24) is 0 Å². The van der Waals surface area contributed by atoms with E-state index in [1.807, 2.05) is 0 Å². The van der Waals surface area contributed by atoms with Crippen LogP contribution in [0.4, 0.5) is 4.39 Å². The van der Waals surface area contributed by atoms with Crippen molar-refractivity contribution in [2.24, 2.45) is 5.92 Å². The van der Waals surface area contributed by atoms with Gasteiger partial charge in [-0.3, -0.25) is 4.39 Å². The molecule has 0 aliphatic carbocycles. The van der Waals surface area contributed by atoms with Gasteiger partial charge in [0.15, 0.2) is 0 Å². The van der Waals surface area contributed by atoms with Crippen LogP contribution in [0.25, 0.3) is 0 Å². The molecule has 0 saturated carbocycles. The summed E-state index contributed by atoms with van der Waals surface area (Å²) in [7, 11) is 0. The summed E-state index contributed by atoms with van der Waals surface area (Å²) in [5, 5.41) is 0. The maximum Gasteiger partial charge on any atom is 0.0894 e. The lowest BCUT2D eigenvalue weighted by Crippen LogP contribution is -1.91. The van der Waals surface area contributed by atoms with E-state index in [0.717, 1.165) is 12.8 Å². The summed E-state index contributed by atoms with van der Waals surface area (Å²) in [6.07, 6.45) is 2.97. The zero-order valence-electron chi connectivity index (χ0n) is 5.78. The summed E-state index contributed by atoms with van der Waals surface area (Å²) in [6, 6.07) is 0. The molecular formula is C7H15F. The van der Waals surface area contributed by atoms with Gasteiger partial charge >= 0.3 is 0 Å². The summed E-state index contributed by atoms with van der Waals surface area (Å²) >= 11 is 0. The molecule has 0 radical (unpaired) electrons. The van der Waals surface area contributed by atoms with E-state index >= 15 is 0 Å². The third-order valence-corrected chi connectivity index (χ3v) is 1.53. The molecule has 0 aromatic carbocycles. The minimum atomic E-state index is -0.148. The van der Waals surface area contributed by atoms with E-state index in [2.05, 4.69) is 13.8 Å². The Morgan fingerprint density at radius 2 is 2.12 bits per heavy atom. The highest BCUT2D eigenvalue weighted by Crippen LogP contribution is 2.08. The fourth-order valence-corrected chi connectivity index (χ4v) is 0.630. The maximum absolute atomic E-state index is 11.5. The van der Waals surface area contributed by atoms with Crippen LogP contribution in [-0.2, 0) is 0 Å².